The maximum atomic E-state index is 10.8. The van der Waals surface area contributed by atoms with Gasteiger partial charge in [0.1, 0.15) is 21.0 Å². The van der Waals surface area contributed by atoms with E-state index in [1.54, 1.807) is 12.1 Å². The first-order valence-electron chi connectivity index (χ1n) is 15.3. The maximum absolute atomic E-state index is 10.8. The van der Waals surface area contributed by atoms with Gasteiger partial charge in [0.2, 0.25) is 0 Å². The summed E-state index contributed by atoms with van der Waals surface area (Å²) >= 11 is 0. The number of allylic oxidation sites excluding steroid dienone is 6. The van der Waals surface area contributed by atoms with Crippen LogP contribution in [0, 0.1) is 20.9 Å². The van der Waals surface area contributed by atoms with Gasteiger partial charge >= 0.3 is 0 Å². The number of rotatable bonds is 13. The fraction of sp³-hybridized carbons (Fsp3) is 0.444. The first-order chi connectivity index (χ1) is 20.4. The molecule has 44 heavy (non-hydrogen) atoms. The molecule has 0 saturated heterocycles. The van der Waals surface area contributed by atoms with E-state index in [1.165, 1.54) is 12.1 Å². The molecule has 6 nitrogen and oxygen atoms in total. The second-order valence-electron chi connectivity index (χ2n) is 14.5. The highest BCUT2D eigenvalue weighted by Crippen LogP contribution is 2.45. The van der Waals surface area contributed by atoms with Gasteiger partial charge in [0, 0.05) is 17.8 Å². The van der Waals surface area contributed by atoms with Crippen LogP contribution in [0.5, 0.6) is 0 Å². The van der Waals surface area contributed by atoms with Crippen LogP contribution < -0.4 is 4.90 Å². The Balaban J connectivity index is 2.27. The number of hydrogen-bond acceptors (Lipinski definition) is 5. The van der Waals surface area contributed by atoms with Gasteiger partial charge in [-0.05, 0) is 73.9 Å². The molecule has 2 aromatic rings. The van der Waals surface area contributed by atoms with Crippen molar-refractivity contribution in [1.82, 2.24) is 0 Å². The summed E-state index contributed by atoms with van der Waals surface area (Å²) in [7, 11) is 1.33. The summed E-state index contributed by atoms with van der Waals surface area (Å²) in [6.45, 7) is 22.8. The van der Waals surface area contributed by atoms with Crippen LogP contribution in [-0.4, -0.2) is 49.2 Å². The van der Waals surface area contributed by atoms with Gasteiger partial charge in [0.05, 0.1) is 28.2 Å². The number of non-ortho nitro benzene ring substituents is 1. The van der Waals surface area contributed by atoms with Crippen LogP contribution in [0.2, 0.25) is 0 Å². The molecule has 0 aliphatic heterocycles. The van der Waals surface area contributed by atoms with Crippen LogP contribution >= 0.6 is 0 Å². The molecule has 2 atom stereocenters. The van der Waals surface area contributed by atoms with Gasteiger partial charge in [0.15, 0.2) is 0 Å². The van der Waals surface area contributed by atoms with Gasteiger partial charge in [-0.3, -0.25) is 10.1 Å². The number of nitro benzene ring substituents is 1. The lowest BCUT2D eigenvalue weighted by Crippen LogP contribution is -2.69. The van der Waals surface area contributed by atoms with Gasteiger partial charge in [-0.15, -0.1) is 0 Å². The van der Waals surface area contributed by atoms with Gasteiger partial charge in [-0.1, -0.05) is 102 Å². The summed E-state index contributed by atoms with van der Waals surface area (Å²) in [6.07, 6.45) is 15.8. The normalized spacial score (nSPS) is 15.2. The van der Waals surface area contributed by atoms with E-state index in [4.69, 9.17) is 8.85 Å². The molecule has 0 saturated carbocycles. The third kappa shape index (κ3) is 9.73. The maximum Gasteiger partial charge on any atom is 0.269 e. The highest BCUT2D eigenvalue weighted by molar-refractivity contribution is 5.98. The Hall–Kier alpha value is -3.05. The van der Waals surface area contributed by atoms with Crippen LogP contribution in [0.15, 0.2) is 85.0 Å². The van der Waals surface area contributed by atoms with E-state index in [9.17, 15) is 10.1 Å². The average Bonchev–Trinajstić information content (AvgIpc) is 2.89. The number of hydrogen-bond donors (Lipinski definition) is 0. The zero-order valence-corrected chi connectivity index (χ0v) is 32.9. The lowest BCUT2D eigenvalue weighted by atomic mass is 9.71. The molecule has 0 heterocycles. The van der Waals surface area contributed by atoms with Gasteiger partial charge in [-0.25, -0.2) is 0 Å². The zero-order valence-electron chi connectivity index (χ0n) is 28.9. The fourth-order valence-corrected chi connectivity index (χ4v) is 9.65. The lowest BCUT2D eigenvalue weighted by Gasteiger charge is -2.59. The van der Waals surface area contributed by atoms with Crippen LogP contribution in [0.25, 0.3) is 12.2 Å². The van der Waals surface area contributed by atoms with Crippen molar-refractivity contribution in [2.45, 2.75) is 92.5 Å². The molecule has 0 amide bonds. The molecule has 2 rings (SSSR count). The van der Waals surface area contributed by atoms with Crippen molar-refractivity contribution < 1.29 is 13.8 Å². The Morgan fingerprint density at radius 3 is 1.30 bits per heavy atom. The lowest BCUT2D eigenvalue weighted by molar-refractivity contribution is -0.384. The van der Waals surface area contributed by atoms with Crippen molar-refractivity contribution in [2.24, 2.45) is 10.8 Å². The first-order valence-corrected chi connectivity index (χ1v) is 16.9. The Kier molecular flexibility index (Phi) is 12.9. The molecular formula is C36H54N2O4Si2. The highest BCUT2D eigenvalue weighted by Gasteiger charge is 2.51. The van der Waals surface area contributed by atoms with Gasteiger partial charge in [-0.2, -0.15) is 0 Å². The molecular weight excluding hydrogens is 581 g/mol. The molecule has 2 unspecified atom stereocenters. The Labute approximate surface area is 272 Å². The predicted molar refractivity (Wildman–Crippen MR) is 195 cm³/mol. The summed E-state index contributed by atoms with van der Waals surface area (Å²) in [5.74, 6) is 0. The molecule has 2 aromatic carbocycles. The van der Waals surface area contributed by atoms with Crippen molar-refractivity contribution in [3.05, 3.63) is 106 Å². The van der Waals surface area contributed by atoms with Crippen molar-refractivity contribution in [1.29, 1.82) is 0 Å². The third-order valence-electron chi connectivity index (χ3n) is 7.87. The molecule has 8 heteroatoms. The summed E-state index contributed by atoms with van der Waals surface area (Å²) < 4.78 is 12.7. The molecule has 0 spiro atoms. The highest BCUT2D eigenvalue weighted by atomic mass is 28.2. The minimum Gasteiger partial charge on any atom is -0.422 e. The SMILES string of the molecule is CC(C)(C)C(O[SiH3])C(C)(C)N(c1ccc(C=CC=CC=CC=Cc2ccc([N+](=O)[O-])cc2)cc1)C(C)(C)C(O[SiH3])C(C)(C)C. The van der Waals surface area contributed by atoms with E-state index >= 15 is 0 Å². The Morgan fingerprint density at radius 1 is 0.636 bits per heavy atom. The summed E-state index contributed by atoms with van der Waals surface area (Å²) in [5.41, 5.74) is 2.57. The summed E-state index contributed by atoms with van der Waals surface area (Å²) in [4.78, 5) is 12.9. The molecule has 0 bridgehead atoms. The number of nitrogens with zero attached hydrogens (tertiary/aromatic N) is 2. The quantitative estimate of drug-likeness (QED) is 0.101. The topological polar surface area (TPSA) is 64.8 Å². The summed E-state index contributed by atoms with van der Waals surface area (Å²) in [5, 5.41) is 10.8. The largest absolute Gasteiger partial charge is 0.422 e. The second-order valence-corrected chi connectivity index (χ2v) is 15.5. The molecule has 0 fully saturated rings. The minimum atomic E-state index is -0.394. The second kappa shape index (κ2) is 15.3. The Bertz CT molecular complexity index is 1300. The smallest absolute Gasteiger partial charge is 0.269 e. The van der Waals surface area contributed by atoms with Gasteiger partial charge in [0.25, 0.3) is 5.69 Å². The van der Waals surface area contributed by atoms with Crippen LogP contribution in [0.3, 0.4) is 0 Å². The molecule has 0 N–H and O–H groups in total. The van der Waals surface area contributed by atoms with E-state index in [1.807, 2.05) is 42.5 Å². The van der Waals surface area contributed by atoms with Crippen molar-refractivity contribution in [3.63, 3.8) is 0 Å². The monoisotopic (exact) mass is 634 g/mol. The summed E-state index contributed by atoms with van der Waals surface area (Å²) in [6, 6.07) is 15.3. The van der Waals surface area contributed by atoms with E-state index in [2.05, 4.69) is 104 Å². The predicted octanol–water partition coefficient (Wildman–Crippen LogP) is 7.22. The number of anilines is 1. The van der Waals surface area contributed by atoms with E-state index in [-0.39, 0.29) is 39.8 Å². The van der Waals surface area contributed by atoms with Crippen LogP contribution in [0.4, 0.5) is 11.4 Å². The third-order valence-corrected chi connectivity index (χ3v) is 8.81. The van der Waals surface area contributed by atoms with Crippen molar-refractivity contribution >= 4 is 44.5 Å². The molecule has 0 aliphatic carbocycles. The molecule has 0 aromatic heterocycles. The number of benzene rings is 2. The van der Waals surface area contributed by atoms with E-state index in [0.29, 0.717) is 21.0 Å². The van der Waals surface area contributed by atoms with Crippen molar-refractivity contribution in [3.8, 4) is 0 Å². The zero-order chi connectivity index (χ0) is 33.3. The fourth-order valence-electron chi connectivity index (χ4n) is 7.08. The van der Waals surface area contributed by atoms with Crippen molar-refractivity contribution in [2.75, 3.05) is 4.90 Å². The van der Waals surface area contributed by atoms with Crippen LogP contribution in [0.1, 0.15) is 80.4 Å². The standard InChI is InChI=1S/C36H54N2O4Si2/c1-33(2,3)31(41-43)35(7,8)37(36(9,10)32(42-44)34(4,5)6)29-23-19-27(20-24-29)17-15-13-11-12-14-16-18-28-21-25-30(26-22-28)38(39)40/h11-26,31-32H,1-10,43-44H3. The number of nitro groups is 1. The molecule has 240 valence electrons. The minimum absolute atomic E-state index is 0.0254. The first kappa shape index (κ1) is 37.1. The average molecular weight is 635 g/mol. The van der Waals surface area contributed by atoms with E-state index < -0.39 is 4.92 Å². The molecule has 0 radical (unpaired) electrons. The van der Waals surface area contributed by atoms with E-state index in [0.717, 1.165) is 16.8 Å². The van der Waals surface area contributed by atoms with Gasteiger partial charge < -0.3 is 13.8 Å². The van der Waals surface area contributed by atoms with Crippen LogP contribution in [-0.2, 0) is 8.85 Å². The molecule has 0 aliphatic rings. The Morgan fingerprint density at radius 2 is 0.977 bits per heavy atom.